The second-order valence-corrected chi connectivity index (χ2v) is 2.19. The first-order valence-electron chi connectivity index (χ1n) is 2.97. The quantitative estimate of drug-likeness (QED) is 0.541. The molecule has 0 fully saturated rings. The molecule has 0 amide bonds. The van der Waals surface area contributed by atoms with Crippen LogP contribution in [-0.2, 0) is 0 Å². The molecule has 0 aromatic heterocycles. The van der Waals surface area contributed by atoms with Gasteiger partial charge in [-0.2, -0.15) is 5.26 Å². The monoisotopic (exact) mass is 136 g/mol. The highest BCUT2D eigenvalue weighted by Crippen LogP contribution is 2.09. The van der Waals surface area contributed by atoms with Crippen molar-refractivity contribution >= 4 is 0 Å². The van der Waals surface area contributed by atoms with Crippen molar-refractivity contribution < 1.29 is 5.21 Å². The third kappa shape index (κ3) is 1.17. The topological polar surface area (TPSA) is 47.3 Å². The van der Waals surface area contributed by atoms with E-state index in [-0.39, 0.29) is 0 Å². The van der Waals surface area contributed by atoms with Crippen LogP contribution in [0.5, 0.6) is 0 Å². The Labute approximate surface area is 59.4 Å². The Morgan fingerprint density at radius 3 is 3.00 bits per heavy atom. The maximum Gasteiger partial charge on any atom is 0.160 e. The largest absolute Gasteiger partial charge is 0.287 e. The van der Waals surface area contributed by atoms with Gasteiger partial charge in [-0.3, -0.25) is 5.21 Å². The number of nitrogens with zero attached hydrogens (tertiary/aromatic N) is 2. The van der Waals surface area contributed by atoms with Crippen molar-refractivity contribution in [1.29, 1.82) is 5.26 Å². The first-order chi connectivity index (χ1) is 4.74. The lowest BCUT2D eigenvalue weighted by molar-refractivity contribution is -0.0510. The summed E-state index contributed by atoms with van der Waals surface area (Å²) in [6, 6.07) is 1.39. The van der Waals surface area contributed by atoms with E-state index >= 15 is 0 Å². The highest BCUT2D eigenvalue weighted by molar-refractivity contribution is 5.24. The van der Waals surface area contributed by atoms with Gasteiger partial charge >= 0.3 is 0 Å². The van der Waals surface area contributed by atoms with Crippen LogP contribution in [0.4, 0.5) is 0 Å². The molecule has 3 heteroatoms. The third-order valence-corrected chi connectivity index (χ3v) is 1.29. The van der Waals surface area contributed by atoms with Crippen molar-refractivity contribution in [2.24, 2.45) is 0 Å². The average molecular weight is 136 g/mol. The van der Waals surface area contributed by atoms with Gasteiger partial charge in [0, 0.05) is 6.20 Å². The van der Waals surface area contributed by atoms with Crippen LogP contribution in [0.2, 0.25) is 0 Å². The van der Waals surface area contributed by atoms with Crippen molar-refractivity contribution in [3.8, 4) is 6.07 Å². The lowest BCUT2D eigenvalue weighted by Crippen LogP contribution is -2.26. The van der Waals surface area contributed by atoms with E-state index in [1.54, 1.807) is 12.2 Å². The minimum absolute atomic E-state index is 0.524. The Hall–Kier alpha value is -1.27. The minimum atomic E-state index is -0.524. The van der Waals surface area contributed by atoms with Crippen LogP contribution in [0.25, 0.3) is 0 Å². The SMILES string of the molecule is CC1=CN(O)C(C#N)C=C1. The normalized spacial score (nSPS) is 23.9. The van der Waals surface area contributed by atoms with E-state index in [4.69, 9.17) is 10.5 Å². The molecule has 3 nitrogen and oxygen atoms in total. The molecule has 0 bridgehead atoms. The summed E-state index contributed by atoms with van der Waals surface area (Å²) in [5.41, 5.74) is 0.939. The van der Waals surface area contributed by atoms with Crippen LogP contribution in [0.1, 0.15) is 6.92 Å². The van der Waals surface area contributed by atoms with Gasteiger partial charge in [-0.15, -0.1) is 0 Å². The first-order valence-corrected chi connectivity index (χ1v) is 2.97. The Morgan fingerprint density at radius 2 is 2.50 bits per heavy atom. The van der Waals surface area contributed by atoms with E-state index in [1.165, 1.54) is 6.20 Å². The van der Waals surface area contributed by atoms with Gasteiger partial charge in [-0.05, 0) is 18.6 Å². The number of hydrogen-bond acceptors (Lipinski definition) is 3. The fourth-order valence-corrected chi connectivity index (χ4v) is 0.765. The lowest BCUT2D eigenvalue weighted by Gasteiger charge is -2.18. The summed E-state index contributed by atoms with van der Waals surface area (Å²) in [6.07, 6.45) is 4.98. The summed E-state index contributed by atoms with van der Waals surface area (Å²) in [6.45, 7) is 1.85. The average Bonchev–Trinajstić information content (AvgIpc) is 1.88. The van der Waals surface area contributed by atoms with Gasteiger partial charge in [-0.1, -0.05) is 6.08 Å². The van der Waals surface area contributed by atoms with Gasteiger partial charge < -0.3 is 0 Å². The smallest absolute Gasteiger partial charge is 0.160 e. The summed E-state index contributed by atoms with van der Waals surface area (Å²) in [5.74, 6) is 0. The molecular formula is C7H8N2O. The van der Waals surface area contributed by atoms with E-state index in [1.807, 2.05) is 13.0 Å². The molecular weight excluding hydrogens is 128 g/mol. The van der Waals surface area contributed by atoms with Crippen molar-refractivity contribution in [2.75, 3.05) is 0 Å². The molecule has 1 aliphatic heterocycles. The van der Waals surface area contributed by atoms with Gasteiger partial charge in [0.1, 0.15) is 0 Å². The number of hydroxylamine groups is 2. The van der Waals surface area contributed by atoms with Crippen molar-refractivity contribution in [2.45, 2.75) is 13.0 Å². The van der Waals surface area contributed by atoms with E-state index in [0.29, 0.717) is 0 Å². The van der Waals surface area contributed by atoms with E-state index < -0.39 is 6.04 Å². The van der Waals surface area contributed by atoms with Gasteiger partial charge in [0.15, 0.2) is 6.04 Å². The molecule has 1 aliphatic rings. The van der Waals surface area contributed by atoms with Crippen LogP contribution >= 0.6 is 0 Å². The molecule has 0 aliphatic carbocycles. The van der Waals surface area contributed by atoms with Crippen molar-refractivity contribution in [1.82, 2.24) is 5.06 Å². The molecule has 1 atom stereocenters. The summed E-state index contributed by atoms with van der Waals surface area (Å²) in [7, 11) is 0. The zero-order valence-electron chi connectivity index (χ0n) is 5.65. The van der Waals surface area contributed by atoms with Crippen molar-refractivity contribution in [3.05, 3.63) is 23.9 Å². The predicted molar refractivity (Wildman–Crippen MR) is 35.9 cm³/mol. The van der Waals surface area contributed by atoms with Crippen molar-refractivity contribution in [3.63, 3.8) is 0 Å². The number of hydrogen-bond donors (Lipinski definition) is 1. The molecule has 0 aromatic rings. The minimum Gasteiger partial charge on any atom is -0.287 e. The number of allylic oxidation sites excluding steroid dienone is 2. The molecule has 1 heterocycles. The summed E-state index contributed by atoms with van der Waals surface area (Å²) >= 11 is 0. The van der Waals surface area contributed by atoms with E-state index in [9.17, 15) is 0 Å². The Bertz CT molecular complexity index is 224. The highest BCUT2D eigenvalue weighted by atomic mass is 16.5. The zero-order valence-corrected chi connectivity index (χ0v) is 5.65. The number of nitriles is 1. The molecule has 1 unspecified atom stereocenters. The maximum absolute atomic E-state index is 9.02. The number of rotatable bonds is 0. The fraction of sp³-hybridized carbons (Fsp3) is 0.286. The summed E-state index contributed by atoms with van der Waals surface area (Å²) in [5, 5.41) is 18.3. The zero-order chi connectivity index (χ0) is 7.56. The predicted octanol–water partition coefficient (Wildman–Crippen LogP) is 1.04. The Morgan fingerprint density at radius 1 is 1.80 bits per heavy atom. The van der Waals surface area contributed by atoms with Gasteiger partial charge in [0.05, 0.1) is 6.07 Å². The molecule has 10 heavy (non-hydrogen) atoms. The molecule has 0 radical (unpaired) electrons. The van der Waals surface area contributed by atoms with E-state index in [2.05, 4.69) is 0 Å². The fourth-order valence-electron chi connectivity index (χ4n) is 0.765. The van der Waals surface area contributed by atoms with Gasteiger partial charge in [0.25, 0.3) is 0 Å². The Balaban J connectivity index is 2.76. The molecule has 52 valence electrons. The molecule has 1 N–H and O–H groups in total. The lowest BCUT2D eigenvalue weighted by atomic mass is 10.2. The molecule has 0 aromatic carbocycles. The van der Waals surface area contributed by atoms with Crippen LogP contribution in [0.3, 0.4) is 0 Å². The van der Waals surface area contributed by atoms with Crippen LogP contribution in [0.15, 0.2) is 23.9 Å². The summed E-state index contributed by atoms with van der Waals surface area (Å²) < 4.78 is 0. The van der Waals surface area contributed by atoms with Crippen LogP contribution in [-0.4, -0.2) is 16.3 Å². The molecule has 1 rings (SSSR count). The molecule has 0 spiro atoms. The summed E-state index contributed by atoms with van der Waals surface area (Å²) in [4.78, 5) is 0. The first kappa shape index (κ1) is 6.84. The Kier molecular flexibility index (Phi) is 1.74. The van der Waals surface area contributed by atoms with Crippen LogP contribution in [0, 0.1) is 11.3 Å². The molecule has 0 saturated heterocycles. The molecule has 0 saturated carbocycles. The highest BCUT2D eigenvalue weighted by Gasteiger charge is 2.11. The van der Waals surface area contributed by atoms with Gasteiger partial charge in [0.2, 0.25) is 0 Å². The second kappa shape index (κ2) is 2.54. The maximum atomic E-state index is 9.02. The van der Waals surface area contributed by atoms with Crippen LogP contribution < -0.4 is 0 Å². The third-order valence-electron chi connectivity index (χ3n) is 1.29. The second-order valence-electron chi connectivity index (χ2n) is 2.19. The van der Waals surface area contributed by atoms with Gasteiger partial charge in [-0.25, -0.2) is 5.06 Å². The van der Waals surface area contributed by atoms with E-state index in [0.717, 1.165) is 10.6 Å². The standard InChI is InChI=1S/C7H8N2O/c1-6-2-3-7(4-8)9(10)5-6/h2-3,5,7,10H,1H3.